The molecule has 2 rings (SSSR count). The quantitative estimate of drug-likeness (QED) is 0.773. The van der Waals surface area contributed by atoms with Crippen molar-refractivity contribution in [2.45, 2.75) is 38.6 Å². The average Bonchev–Trinajstić information content (AvgIpc) is 2.29. The summed E-state index contributed by atoms with van der Waals surface area (Å²) in [6.07, 6.45) is 2.94. The van der Waals surface area contributed by atoms with Crippen LogP contribution in [0.25, 0.3) is 0 Å². The normalized spacial score (nSPS) is 23.1. The number of nitriles is 1. The topological polar surface area (TPSA) is 27.0 Å². The van der Waals surface area contributed by atoms with Gasteiger partial charge in [-0.05, 0) is 44.7 Å². The van der Waals surface area contributed by atoms with E-state index >= 15 is 0 Å². The molecular formula is C15H20N2. The Bertz CT molecular complexity index is 403. The molecule has 0 bridgehead atoms. The lowest BCUT2D eigenvalue weighted by atomic mass is 9.81. The van der Waals surface area contributed by atoms with Crippen LogP contribution in [0.3, 0.4) is 0 Å². The van der Waals surface area contributed by atoms with Crippen molar-refractivity contribution in [2.75, 3.05) is 11.4 Å². The molecule has 90 valence electrons. The molecule has 0 aliphatic carbocycles. The maximum Gasteiger partial charge on any atom is 0.0624 e. The molecule has 1 saturated heterocycles. The Hall–Kier alpha value is -1.49. The monoisotopic (exact) mass is 228 g/mol. The van der Waals surface area contributed by atoms with Gasteiger partial charge in [0.2, 0.25) is 0 Å². The molecule has 0 N–H and O–H groups in total. The number of nitrogens with zero attached hydrogens (tertiary/aromatic N) is 2. The summed E-state index contributed by atoms with van der Waals surface area (Å²) in [5, 5.41) is 8.81. The molecule has 1 fully saturated rings. The lowest BCUT2D eigenvalue weighted by Crippen LogP contribution is -2.50. The molecule has 1 aromatic carbocycles. The molecule has 1 aliphatic rings. The van der Waals surface area contributed by atoms with Crippen LogP contribution >= 0.6 is 0 Å². The van der Waals surface area contributed by atoms with E-state index in [-0.39, 0.29) is 5.54 Å². The highest BCUT2D eigenvalue weighted by molar-refractivity contribution is 5.49. The molecule has 0 radical (unpaired) electrons. The van der Waals surface area contributed by atoms with Crippen molar-refractivity contribution in [3.8, 4) is 6.07 Å². The summed E-state index contributed by atoms with van der Waals surface area (Å²) in [5.74, 6) is 0.565. The van der Waals surface area contributed by atoms with Gasteiger partial charge >= 0.3 is 0 Å². The van der Waals surface area contributed by atoms with Crippen LogP contribution in [0, 0.1) is 17.2 Å². The number of hydrogen-bond acceptors (Lipinski definition) is 2. The Balaban J connectivity index is 2.14. The van der Waals surface area contributed by atoms with E-state index in [0.29, 0.717) is 12.3 Å². The van der Waals surface area contributed by atoms with Crippen LogP contribution < -0.4 is 4.90 Å². The van der Waals surface area contributed by atoms with Crippen LogP contribution in [0.15, 0.2) is 30.3 Å². The standard InChI is InChI=1S/C15H20N2/c1-15(2)12-13(8-10-16)9-11-17(15)14-6-4-3-5-7-14/h3-7,13H,8-9,11-12H2,1-2H3. The fraction of sp³-hybridized carbons (Fsp3) is 0.533. The third-order valence-corrected chi connectivity index (χ3v) is 3.73. The van der Waals surface area contributed by atoms with E-state index in [1.807, 2.05) is 0 Å². The Morgan fingerprint density at radius 1 is 1.35 bits per heavy atom. The molecule has 2 heteroatoms. The minimum Gasteiger partial charge on any atom is -0.366 e. The number of anilines is 1. The van der Waals surface area contributed by atoms with Crippen LogP contribution in [0.4, 0.5) is 5.69 Å². The van der Waals surface area contributed by atoms with Gasteiger partial charge in [0.1, 0.15) is 0 Å². The molecule has 1 unspecified atom stereocenters. The Morgan fingerprint density at radius 3 is 2.65 bits per heavy atom. The number of benzene rings is 1. The molecule has 0 spiro atoms. The lowest BCUT2D eigenvalue weighted by Gasteiger charge is -2.47. The van der Waals surface area contributed by atoms with Crippen molar-refractivity contribution >= 4 is 5.69 Å². The predicted molar refractivity (Wildman–Crippen MR) is 70.8 cm³/mol. The van der Waals surface area contributed by atoms with Gasteiger partial charge in [-0.2, -0.15) is 5.26 Å². The second kappa shape index (κ2) is 4.79. The summed E-state index contributed by atoms with van der Waals surface area (Å²) in [5.41, 5.74) is 1.45. The number of para-hydroxylation sites is 1. The molecule has 1 aliphatic heterocycles. The van der Waals surface area contributed by atoms with Gasteiger partial charge in [0, 0.05) is 24.2 Å². The zero-order valence-corrected chi connectivity index (χ0v) is 10.7. The summed E-state index contributed by atoms with van der Waals surface area (Å²) in [7, 11) is 0. The Morgan fingerprint density at radius 2 is 2.06 bits per heavy atom. The van der Waals surface area contributed by atoms with Gasteiger partial charge in [-0.1, -0.05) is 18.2 Å². The van der Waals surface area contributed by atoms with Crippen molar-refractivity contribution in [1.29, 1.82) is 5.26 Å². The maximum atomic E-state index is 8.81. The van der Waals surface area contributed by atoms with Crippen LogP contribution in [-0.4, -0.2) is 12.1 Å². The first-order chi connectivity index (χ1) is 8.13. The van der Waals surface area contributed by atoms with E-state index in [0.717, 1.165) is 19.4 Å². The van der Waals surface area contributed by atoms with E-state index in [1.54, 1.807) is 0 Å². The first kappa shape index (κ1) is 12.0. The third kappa shape index (κ3) is 2.61. The van der Waals surface area contributed by atoms with E-state index in [9.17, 15) is 0 Å². The zero-order valence-electron chi connectivity index (χ0n) is 10.7. The van der Waals surface area contributed by atoms with Gasteiger partial charge < -0.3 is 4.90 Å². The summed E-state index contributed by atoms with van der Waals surface area (Å²) in [6.45, 7) is 5.62. The average molecular weight is 228 g/mol. The van der Waals surface area contributed by atoms with Crippen LogP contribution in [0.2, 0.25) is 0 Å². The summed E-state index contributed by atoms with van der Waals surface area (Å²) in [6, 6.07) is 12.9. The first-order valence-electron chi connectivity index (χ1n) is 6.33. The van der Waals surface area contributed by atoms with Crippen molar-refractivity contribution in [3.63, 3.8) is 0 Å². The molecule has 2 nitrogen and oxygen atoms in total. The molecule has 1 heterocycles. The number of rotatable bonds is 2. The summed E-state index contributed by atoms with van der Waals surface area (Å²) < 4.78 is 0. The van der Waals surface area contributed by atoms with Crippen molar-refractivity contribution in [2.24, 2.45) is 5.92 Å². The van der Waals surface area contributed by atoms with E-state index in [4.69, 9.17) is 5.26 Å². The Kier molecular flexibility index (Phi) is 3.38. The SMILES string of the molecule is CC1(C)CC(CC#N)CCN1c1ccccc1. The lowest BCUT2D eigenvalue weighted by molar-refractivity contribution is 0.277. The molecule has 1 atom stereocenters. The minimum absolute atomic E-state index is 0.154. The van der Waals surface area contributed by atoms with Gasteiger partial charge in [-0.25, -0.2) is 0 Å². The molecule has 0 saturated carbocycles. The molecule has 0 aromatic heterocycles. The highest BCUT2D eigenvalue weighted by Gasteiger charge is 2.34. The van der Waals surface area contributed by atoms with Crippen LogP contribution in [0.5, 0.6) is 0 Å². The molecule has 1 aromatic rings. The highest BCUT2D eigenvalue weighted by atomic mass is 15.2. The minimum atomic E-state index is 0.154. The van der Waals surface area contributed by atoms with E-state index in [1.165, 1.54) is 5.69 Å². The maximum absolute atomic E-state index is 8.81. The van der Waals surface area contributed by atoms with Gasteiger partial charge in [-0.3, -0.25) is 0 Å². The van der Waals surface area contributed by atoms with Gasteiger partial charge in [0.25, 0.3) is 0 Å². The second-order valence-corrected chi connectivity index (χ2v) is 5.52. The van der Waals surface area contributed by atoms with E-state index in [2.05, 4.69) is 55.1 Å². The second-order valence-electron chi connectivity index (χ2n) is 5.52. The third-order valence-electron chi connectivity index (χ3n) is 3.73. The largest absolute Gasteiger partial charge is 0.366 e. The fourth-order valence-electron chi connectivity index (χ4n) is 2.92. The fourth-order valence-corrected chi connectivity index (χ4v) is 2.92. The van der Waals surface area contributed by atoms with Gasteiger partial charge in [0.05, 0.1) is 6.07 Å². The first-order valence-corrected chi connectivity index (χ1v) is 6.33. The van der Waals surface area contributed by atoms with Gasteiger partial charge in [0.15, 0.2) is 0 Å². The smallest absolute Gasteiger partial charge is 0.0624 e. The van der Waals surface area contributed by atoms with Gasteiger partial charge in [-0.15, -0.1) is 0 Å². The highest BCUT2D eigenvalue weighted by Crippen LogP contribution is 2.36. The zero-order chi connectivity index (χ0) is 12.3. The number of hydrogen-bond donors (Lipinski definition) is 0. The summed E-state index contributed by atoms with van der Waals surface area (Å²) in [4.78, 5) is 2.47. The summed E-state index contributed by atoms with van der Waals surface area (Å²) >= 11 is 0. The van der Waals surface area contributed by atoms with Crippen LogP contribution in [0.1, 0.15) is 33.1 Å². The molecule has 0 amide bonds. The Labute approximate surface area is 104 Å². The van der Waals surface area contributed by atoms with Crippen molar-refractivity contribution in [3.05, 3.63) is 30.3 Å². The molecule has 17 heavy (non-hydrogen) atoms. The van der Waals surface area contributed by atoms with E-state index < -0.39 is 0 Å². The van der Waals surface area contributed by atoms with Crippen molar-refractivity contribution in [1.82, 2.24) is 0 Å². The molecular weight excluding hydrogens is 208 g/mol. The van der Waals surface area contributed by atoms with Crippen molar-refractivity contribution < 1.29 is 0 Å². The predicted octanol–water partition coefficient (Wildman–Crippen LogP) is 3.60. The van der Waals surface area contributed by atoms with Crippen LogP contribution in [-0.2, 0) is 0 Å². The number of piperidine rings is 1.